The van der Waals surface area contributed by atoms with Gasteiger partial charge in [0.2, 0.25) is 0 Å². The van der Waals surface area contributed by atoms with E-state index in [9.17, 15) is 0 Å². The summed E-state index contributed by atoms with van der Waals surface area (Å²) in [6.07, 6.45) is 3.92. The maximum Gasteiger partial charge on any atom is 0.00726 e. The summed E-state index contributed by atoms with van der Waals surface area (Å²) in [6, 6.07) is 9.49. The van der Waals surface area contributed by atoms with E-state index in [2.05, 4.69) is 50.4 Å². The van der Waals surface area contributed by atoms with E-state index < -0.39 is 0 Å². The molecule has 1 heteroatoms. The fourth-order valence-electron chi connectivity index (χ4n) is 2.67. The molecule has 1 aromatic carbocycles. The fraction of sp³-hybridized carbons (Fsp3) is 0.625. The Balaban J connectivity index is 1.66. The molecule has 94 valence electrons. The van der Waals surface area contributed by atoms with E-state index in [0.717, 1.165) is 30.8 Å². The minimum absolute atomic E-state index is 0.784. The van der Waals surface area contributed by atoms with Crippen LogP contribution in [-0.2, 0) is 6.42 Å². The molecule has 1 N–H and O–H groups in total. The zero-order valence-corrected chi connectivity index (χ0v) is 11.4. The average molecular weight is 231 g/mol. The van der Waals surface area contributed by atoms with Crippen LogP contribution in [-0.4, -0.2) is 12.6 Å². The molecule has 0 aromatic heterocycles. The topological polar surface area (TPSA) is 12.0 Å². The number of hydrogen-bond donors (Lipinski definition) is 1. The van der Waals surface area contributed by atoms with Crippen LogP contribution in [0.1, 0.15) is 37.8 Å². The highest BCUT2D eigenvalue weighted by Crippen LogP contribution is 2.33. The van der Waals surface area contributed by atoms with Gasteiger partial charge in [0, 0.05) is 6.04 Å². The van der Waals surface area contributed by atoms with Crippen LogP contribution < -0.4 is 5.32 Å². The molecule has 1 aliphatic rings. The van der Waals surface area contributed by atoms with E-state index in [1.165, 1.54) is 24.0 Å². The fourth-order valence-corrected chi connectivity index (χ4v) is 2.67. The van der Waals surface area contributed by atoms with Crippen LogP contribution in [0, 0.1) is 18.8 Å². The Kier molecular flexibility index (Phi) is 4.22. The highest BCUT2D eigenvalue weighted by Gasteiger charge is 2.30. The first-order valence-corrected chi connectivity index (χ1v) is 6.94. The predicted molar refractivity (Wildman–Crippen MR) is 74.2 cm³/mol. The van der Waals surface area contributed by atoms with Crippen molar-refractivity contribution in [2.75, 3.05) is 6.54 Å². The molecular weight excluding hydrogens is 206 g/mol. The zero-order chi connectivity index (χ0) is 12.3. The van der Waals surface area contributed by atoms with Crippen LogP contribution in [0.15, 0.2) is 24.3 Å². The van der Waals surface area contributed by atoms with Crippen molar-refractivity contribution in [3.05, 3.63) is 35.4 Å². The van der Waals surface area contributed by atoms with Gasteiger partial charge in [-0.3, -0.25) is 0 Å². The van der Waals surface area contributed by atoms with Gasteiger partial charge in [-0.1, -0.05) is 38.1 Å². The zero-order valence-electron chi connectivity index (χ0n) is 11.4. The Hall–Kier alpha value is -0.820. The van der Waals surface area contributed by atoms with Crippen LogP contribution in [0.3, 0.4) is 0 Å². The quantitative estimate of drug-likeness (QED) is 0.817. The van der Waals surface area contributed by atoms with Crippen molar-refractivity contribution >= 4 is 0 Å². The maximum absolute atomic E-state index is 3.68. The van der Waals surface area contributed by atoms with E-state index in [-0.39, 0.29) is 0 Å². The predicted octanol–water partition coefficient (Wildman–Crippen LogP) is 3.56. The van der Waals surface area contributed by atoms with Gasteiger partial charge in [-0.05, 0) is 55.7 Å². The van der Waals surface area contributed by atoms with Gasteiger partial charge in [-0.2, -0.15) is 0 Å². The molecule has 0 aliphatic heterocycles. The van der Waals surface area contributed by atoms with E-state index in [1.54, 1.807) is 0 Å². The molecule has 1 fully saturated rings. The molecule has 0 amide bonds. The van der Waals surface area contributed by atoms with Crippen molar-refractivity contribution in [2.24, 2.45) is 11.8 Å². The van der Waals surface area contributed by atoms with Crippen LogP contribution in [0.4, 0.5) is 0 Å². The lowest BCUT2D eigenvalue weighted by atomic mass is 9.73. The molecule has 1 saturated carbocycles. The van der Waals surface area contributed by atoms with Crippen LogP contribution in [0.5, 0.6) is 0 Å². The van der Waals surface area contributed by atoms with Crippen LogP contribution >= 0.6 is 0 Å². The summed E-state index contributed by atoms with van der Waals surface area (Å²) in [5.74, 6) is 1.83. The summed E-state index contributed by atoms with van der Waals surface area (Å²) in [5.41, 5.74) is 2.91. The van der Waals surface area contributed by atoms with Gasteiger partial charge in [0.25, 0.3) is 0 Å². The van der Waals surface area contributed by atoms with Crippen molar-refractivity contribution in [1.29, 1.82) is 0 Å². The standard InChI is InChI=1S/C16H25N/c1-12(2)15-10-16(11-15)17-9-8-14-7-5-4-6-13(14)3/h4-7,12,15-17H,8-11H2,1-3H3. The largest absolute Gasteiger partial charge is 0.314 e. The average Bonchev–Trinajstić information content (AvgIpc) is 2.23. The smallest absolute Gasteiger partial charge is 0.00726 e. The van der Waals surface area contributed by atoms with Crippen LogP contribution in [0.2, 0.25) is 0 Å². The summed E-state index contributed by atoms with van der Waals surface area (Å²) in [5, 5.41) is 3.68. The second-order valence-corrected chi connectivity index (χ2v) is 5.80. The molecular formula is C16H25N. The molecule has 17 heavy (non-hydrogen) atoms. The first-order chi connectivity index (χ1) is 8.16. The first-order valence-electron chi connectivity index (χ1n) is 6.94. The molecule has 1 nitrogen and oxygen atoms in total. The van der Waals surface area contributed by atoms with E-state index in [1.807, 2.05) is 0 Å². The number of rotatable bonds is 5. The lowest BCUT2D eigenvalue weighted by Gasteiger charge is -2.38. The van der Waals surface area contributed by atoms with Crippen molar-refractivity contribution in [3.8, 4) is 0 Å². The summed E-state index contributed by atoms with van der Waals surface area (Å²) in [4.78, 5) is 0. The van der Waals surface area contributed by atoms with Gasteiger partial charge in [0.05, 0.1) is 0 Å². The summed E-state index contributed by atoms with van der Waals surface area (Å²) in [6.45, 7) is 8.01. The number of nitrogens with one attached hydrogen (secondary N) is 1. The minimum Gasteiger partial charge on any atom is -0.314 e. The lowest BCUT2D eigenvalue weighted by molar-refractivity contribution is 0.169. The van der Waals surface area contributed by atoms with E-state index in [4.69, 9.17) is 0 Å². The third-order valence-corrected chi connectivity index (χ3v) is 4.21. The number of hydrogen-bond acceptors (Lipinski definition) is 1. The number of benzene rings is 1. The van der Waals surface area contributed by atoms with Crippen molar-refractivity contribution in [2.45, 2.75) is 46.1 Å². The Morgan fingerprint density at radius 2 is 1.94 bits per heavy atom. The molecule has 0 spiro atoms. The third kappa shape index (κ3) is 3.32. The van der Waals surface area contributed by atoms with Crippen LogP contribution in [0.25, 0.3) is 0 Å². The van der Waals surface area contributed by atoms with Crippen molar-refractivity contribution in [3.63, 3.8) is 0 Å². The third-order valence-electron chi connectivity index (χ3n) is 4.21. The highest BCUT2D eigenvalue weighted by molar-refractivity contribution is 5.25. The molecule has 1 aliphatic carbocycles. The minimum atomic E-state index is 0.784. The Labute approximate surface area is 106 Å². The molecule has 0 unspecified atom stereocenters. The maximum atomic E-state index is 3.68. The van der Waals surface area contributed by atoms with Gasteiger partial charge in [0.1, 0.15) is 0 Å². The SMILES string of the molecule is Cc1ccccc1CCNC1CC(C(C)C)C1. The van der Waals surface area contributed by atoms with Crippen molar-refractivity contribution in [1.82, 2.24) is 5.32 Å². The molecule has 1 aromatic rings. The van der Waals surface area contributed by atoms with Gasteiger partial charge >= 0.3 is 0 Å². The van der Waals surface area contributed by atoms with Crippen molar-refractivity contribution < 1.29 is 0 Å². The monoisotopic (exact) mass is 231 g/mol. The molecule has 0 atom stereocenters. The molecule has 0 saturated heterocycles. The molecule has 0 bridgehead atoms. The Morgan fingerprint density at radius 3 is 2.59 bits per heavy atom. The van der Waals surface area contributed by atoms with E-state index in [0.29, 0.717) is 0 Å². The normalized spacial score (nSPS) is 23.8. The summed E-state index contributed by atoms with van der Waals surface area (Å²) in [7, 11) is 0. The second-order valence-electron chi connectivity index (χ2n) is 5.80. The summed E-state index contributed by atoms with van der Waals surface area (Å²) < 4.78 is 0. The van der Waals surface area contributed by atoms with Gasteiger partial charge < -0.3 is 5.32 Å². The molecule has 0 heterocycles. The van der Waals surface area contributed by atoms with Gasteiger partial charge in [0.15, 0.2) is 0 Å². The van der Waals surface area contributed by atoms with E-state index >= 15 is 0 Å². The molecule has 2 rings (SSSR count). The first kappa shape index (κ1) is 12.6. The lowest BCUT2D eigenvalue weighted by Crippen LogP contribution is -2.43. The Bertz CT molecular complexity index is 350. The Morgan fingerprint density at radius 1 is 1.24 bits per heavy atom. The summed E-state index contributed by atoms with van der Waals surface area (Å²) >= 11 is 0. The van der Waals surface area contributed by atoms with Gasteiger partial charge in [-0.15, -0.1) is 0 Å². The second kappa shape index (κ2) is 5.68. The van der Waals surface area contributed by atoms with Gasteiger partial charge in [-0.25, -0.2) is 0 Å². The highest BCUT2D eigenvalue weighted by atomic mass is 14.9. The molecule has 0 radical (unpaired) electrons. The number of aryl methyl sites for hydroxylation is 1.